The van der Waals surface area contributed by atoms with Gasteiger partial charge in [-0.2, -0.15) is 0 Å². The third-order valence-corrected chi connectivity index (χ3v) is 4.56. The topological polar surface area (TPSA) is 66.7 Å². The molecule has 1 aliphatic heterocycles. The summed E-state index contributed by atoms with van der Waals surface area (Å²) in [6.45, 7) is 4.47. The lowest BCUT2D eigenvalue weighted by Gasteiger charge is -2.36. The van der Waals surface area contributed by atoms with Gasteiger partial charge in [0.05, 0.1) is 4.92 Å². The van der Waals surface area contributed by atoms with E-state index >= 15 is 0 Å². The Bertz CT molecular complexity index is 817. The molecule has 0 aromatic heterocycles. The normalized spacial score (nSPS) is 14.5. The Labute approximate surface area is 150 Å². The number of hydrogen-bond acceptors (Lipinski definition) is 4. The number of benzene rings is 2. The fraction of sp³-hybridized carbons (Fsp3) is 0.278. The zero-order chi connectivity index (χ0) is 18.0. The van der Waals surface area contributed by atoms with Gasteiger partial charge in [-0.25, -0.2) is 0 Å². The van der Waals surface area contributed by atoms with Gasteiger partial charge in [-0.1, -0.05) is 23.7 Å². The molecule has 0 bridgehead atoms. The van der Waals surface area contributed by atoms with E-state index in [1.807, 2.05) is 19.1 Å². The molecule has 7 heteroatoms. The van der Waals surface area contributed by atoms with Gasteiger partial charge in [0.25, 0.3) is 11.6 Å². The molecule has 0 aliphatic carbocycles. The maximum absolute atomic E-state index is 12.7. The summed E-state index contributed by atoms with van der Waals surface area (Å²) < 4.78 is 0. The van der Waals surface area contributed by atoms with Crippen molar-refractivity contribution in [1.82, 2.24) is 4.90 Å². The summed E-state index contributed by atoms with van der Waals surface area (Å²) in [6.07, 6.45) is 0. The number of rotatable bonds is 3. The van der Waals surface area contributed by atoms with Crippen molar-refractivity contribution in [2.45, 2.75) is 6.92 Å². The number of carbonyl (C=O) groups excluding carboxylic acids is 1. The van der Waals surface area contributed by atoms with Crippen LogP contribution in [0.15, 0.2) is 42.5 Å². The largest absolute Gasteiger partial charge is 0.368 e. The molecule has 130 valence electrons. The number of halogens is 1. The average Bonchev–Trinajstić information content (AvgIpc) is 2.61. The fourth-order valence-electron chi connectivity index (χ4n) is 3.00. The van der Waals surface area contributed by atoms with Crippen LogP contribution in [-0.4, -0.2) is 41.9 Å². The van der Waals surface area contributed by atoms with E-state index < -0.39 is 4.92 Å². The highest BCUT2D eigenvalue weighted by molar-refractivity contribution is 6.31. The first-order valence-electron chi connectivity index (χ1n) is 8.00. The van der Waals surface area contributed by atoms with Crippen molar-refractivity contribution >= 4 is 28.9 Å². The molecule has 0 spiro atoms. The lowest BCUT2D eigenvalue weighted by molar-refractivity contribution is -0.385. The van der Waals surface area contributed by atoms with Crippen LogP contribution < -0.4 is 4.90 Å². The fourth-order valence-corrected chi connectivity index (χ4v) is 3.17. The molecule has 1 heterocycles. The Morgan fingerprint density at radius 3 is 2.48 bits per heavy atom. The lowest BCUT2D eigenvalue weighted by Crippen LogP contribution is -2.48. The van der Waals surface area contributed by atoms with E-state index in [9.17, 15) is 14.9 Å². The second-order valence-electron chi connectivity index (χ2n) is 6.04. The van der Waals surface area contributed by atoms with E-state index in [0.717, 1.165) is 5.69 Å². The summed E-state index contributed by atoms with van der Waals surface area (Å²) >= 11 is 5.82. The zero-order valence-electron chi connectivity index (χ0n) is 13.8. The van der Waals surface area contributed by atoms with E-state index in [1.54, 1.807) is 4.90 Å². The van der Waals surface area contributed by atoms with Gasteiger partial charge in [-0.15, -0.1) is 0 Å². The standard InChI is InChI=1S/C18H18ClN3O3/c1-13-3-2-4-15(11-13)20-7-9-21(10-8-20)18(23)16-6-5-14(19)12-17(16)22(24)25/h2-6,11-12H,7-10H2,1H3. The molecule has 2 aromatic rings. The second kappa shape index (κ2) is 7.11. The third-order valence-electron chi connectivity index (χ3n) is 4.32. The third kappa shape index (κ3) is 3.74. The van der Waals surface area contributed by atoms with Gasteiger partial charge in [-0.05, 0) is 36.8 Å². The minimum atomic E-state index is -0.567. The molecule has 1 amide bonds. The Morgan fingerprint density at radius 1 is 1.12 bits per heavy atom. The minimum absolute atomic E-state index is 0.0819. The van der Waals surface area contributed by atoms with Crippen LogP contribution in [0.25, 0.3) is 0 Å². The summed E-state index contributed by atoms with van der Waals surface area (Å²) in [4.78, 5) is 27.2. The monoisotopic (exact) mass is 359 g/mol. The van der Waals surface area contributed by atoms with Crippen LogP contribution in [0.3, 0.4) is 0 Å². The summed E-state index contributed by atoms with van der Waals surface area (Å²) in [5, 5.41) is 11.4. The number of piperazine rings is 1. The quantitative estimate of drug-likeness (QED) is 0.621. The molecule has 25 heavy (non-hydrogen) atoms. The van der Waals surface area contributed by atoms with Gasteiger partial charge < -0.3 is 9.80 Å². The number of carbonyl (C=O) groups is 1. The van der Waals surface area contributed by atoms with Gasteiger partial charge >= 0.3 is 0 Å². The summed E-state index contributed by atoms with van der Waals surface area (Å²) in [5.74, 6) is -0.327. The van der Waals surface area contributed by atoms with Gasteiger partial charge in [0.2, 0.25) is 0 Å². The summed E-state index contributed by atoms with van der Waals surface area (Å²) in [5.41, 5.74) is 2.15. The van der Waals surface area contributed by atoms with Crippen LogP contribution in [0, 0.1) is 17.0 Å². The Morgan fingerprint density at radius 2 is 1.84 bits per heavy atom. The molecule has 0 saturated carbocycles. The van der Waals surface area contributed by atoms with Crippen LogP contribution in [0.1, 0.15) is 15.9 Å². The molecule has 3 rings (SSSR count). The van der Waals surface area contributed by atoms with Gasteiger partial charge in [-0.3, -0.25) is 14.9 Å². The van der Waals surface area contributed by atoms with Gasteiger partial charge in [0.15, 0.2) is 0 Å². The van der Waals surface area contributed by atoms with Crippen molar-refractivity contribution in [3.8, 4) is 0 Å². The average molecular weight is 360 g/mol. The molecule has 1 fully saturated rings. The van der Waals surface area contributed by atoms with Crippen molar-refractivity contribution in [3.63, 3.8) is 0 Å². The lowest BCUT2D eigenvalue weighted by atomic mass is 10.1. The highest BCUT2D eigenvalue weighted by Crippen LogP contribution is 2.25. The number of hydrogen-bond donors (Lipinski definition) is 0. The van der Waals surface area contributed by atoms with Crippen molar-refractivity contribution in [2.75, 3.05) is 31.1 Å². The highest BCUT2D eigenvalue weighted by atomic mass is 35.5. The number of nitro groups is 1. The highest BCUT2D eigenvalue weighted by Gasteiger charge is 2.27. The van der Waals surface area contributed by atoms with Gasteiger partial charge in [0, 0.05) is 43.0 Å². The molecule has 0 radical (unpaired) electrons. The minimum Gasteiger partial charge on any atom is -0.368 e. The van der Waals surface area contributed by atoms with Crippen LogP contribution in [0.5, 0.6) is 0 Å². The van der Waals surface area contributed by atoms with Crippen molar-refractivity contribution < 1.29 is 9.72 Å². The van der Waals surface area contributed by atoms with Crippen LogP contribution in [0.4, 0.5) is 11.4 Å². The molecule has 1 saturated heterocycles. The van der Waals surface area contributed by atoms with Crippen molar-refractivity contribution in [3.05, 3.63) is 68.7 Å². The second-order valence-corrected chi connectivity index (χ2v) is 6.47. The number of nitro benzene ring substituents is 1. The maximum Gasteiger partial charge on any atom is 0.283 e. The molecule has 1 aliphatic rings. The van der Waals surface area contributed by atoms with E-state index in [-0.39, 0.29) is 22.2 Å². The first-order valence-corrected chi connectivity index (χ1v) is 8.38. The first-order chi connectivity index (χ1) is 12.0. The Hall–Kier alpha value is -2.60. The van der Waals surface area contributed by atoms with E-state index in [2.05, 4.69) is 17.0 Å². The first kappa shape index (κ1) is 17.2. The Kier molecular flexibility index (Phi) is 4.90. The maximum atomic E-state index is 12.7. The summed E-state index contributed by atoms with van der Waals surface area (Å²) in [6, 6.07) is 12.4. The number of nitrogens with zero attached hydrogens (tertiary/aromatic N) is 3. The summed E-state index contributed by atoms with van der Waals surface area (Å²) in [7, 11) is 0. The van der Waals surface area contributed by atoms with E-state index in [4.69, 9.17) is 11.6 Å². The van der Waals surface area contributed by atoms with Crippen molar-refractivity contribution in [2.24, 2.45) is 0 Å². The number of aryl methyl sites for hydroxylation is 1. The molecule has 0 atom stereocenters. The number of anilines is 1. The van der Waals surface area contributed by atoms with Crippen LogP contribution in [-0.2, 0) is 0 Å². The van der Waals surface area contributed by atoms with E-state index in [0.29, 0.717) is 26.2 Å². The van der Waals surface area contributed by atoms with Gasteiger partial charge in [0.1, 0.15) is 5.56 Å². The zero-order valence-corrected chi connectivity index (χ0v) is 14.6. The molecule has 2 aromatic carbocycles. The molecular formula is C18H18ClN3O3. The molecule has 0 N–H and O–H groups in total. The number of amides is 1. The predicted octanol–water partition coefficient (Wildman–Crippen LogP) is 3.52. The SMILES string of the molecule is Cc1cccc(N2CCN(C(=O)c3ccc(Cl)cc3[N+](=O)[O-])CC2)c1. The van der Waals surface area contributed by atoms with Crippen LogP contribution >= 0.6 is 11.6 Å². The van der Waals surface area contributed by atoms with Crippen molar-refractivity contribution in [1.29, 1.82) is 0 Å². The molecule has 6 nitrogen and oxygen atoms in total. The van der Waals surface area contributed by atoms with E-state index in [1.165, 1.54) is 23.8 Å². The smallest absolute Gasteiger partial charge is 0.283 e. The molecule has 0 unspecified atom stereocenters. The predicted molar refractivity (Wildman–Crippen MR) is 97.4 cm³/mol. The Balaban J connectivity index is 1.73. The molecular weight excluding hydrogens is 342 g/mol. The van der Waals surface area contributed by atoms with Crippen LogP contribution in [0.2, 0.25) is 5.02 Å².